The van der Waals surface area contributed by atoms with Crippen molar-refractivity contribution in [1.82, 2.24) is 5.43 Å². The first-order valence-electron chi connectivity index (χ1n) is 9.23. The van der Waals surface area contributed by atoms with Crippen molar-refractivity contribution in [2.24, 2.45) is 5.10 Å². The Morgan fingerprint density at radius 1 is 0.903 bits per heavy atom. The monoisotopic (exact) mass is 437 g/mol. The zero-order valence-corrected chi connectivity index (χ0v) is 17.6. The molecule has 2 amide bonds. The summed E-state index contributed by atoms with van der Waals surface area (Å²) >= 11 is 6.04. The highest BCUT2D eigenvalue weighted by Crippen LogP contribution is 2.26. The Kier molecular flexibility index (Phi) is 7.24. The molecule has 0 aliphatic rings. The van der Waals surface area contributed by atoms with E-state index in [1.165, 1.54) is 6.21 Å². The molecule has 3 aromatic carbocycles. The first-order chi connectivity index (χ1) is 15.0. The zero-order valence-electron chi connectivity index (χ0n) is 16.9. The molecule has 0 unspecified atom stereocenters. The predicted molar refractivity (Wildman–Crippen MR) is 120 cm³/mol. The van der Waals surface area contributed by atoms with E-state index in [4.69, 9.17) is 21.1 Å². The van der Waals surface area contributed by atoms with Gasteiger partial charge in [0.15, 0.2) is 11.5 Å². The van der Waals surface area contributed by atoms with E-state index in [2.05, 4.69) is 15.8 Å². The van der Waals surface area contributed by atoms with Crippen LogP contribution in [0.5, 0.6) is 11.5 Å². The number of rotatable bonds is 7. The second kappa shape index (κ2) is 10.3. The van der Waals surface area contributed by atoms with E-state index in [0.29, 0.717) is 33.3 Å². The lowest BCUT2D eigenvalue weighted by molar-refractivity contribution is 0.0954. The van der Waals surface area contributed by atoms with Gasteiger partial charge in [0.1, 0.15) is 0 Å². The first-order valence-corrected chi connectivity index (χ1v) is 9.61. The van der Waals surface area contributed by atoms with Crippen LogP contribution in [0.1, 0.15) is 26.3 Å². The van der Waals surface area contributed by atoms with Crippen molar-refractivity contribution >= 4 is 35.3 Å². The lowest BCUT2D eigenvalue weighted by atomic mass is 10.1. The maximum Gasteiger partial charge on any atom is 0.271 e. The number of carbonyl (C=O) groups is 2. The molecule has 7 nitrogen and oxygen atoms in total. The number of hydrogen-bond acceptors (Lipinski definition) is 5. The molecule has 0 bridgehead atoms. The number of hydrogen-bond donors (Lipinski definition) is 2. The number of nitrogens with zero attached hydrogens (tertiary/aromatic N) is 1. The Balaban J connectivity index is 1.60. The third-order valence-corrected chi connectivity index (χ3v) is 4.64. The van der Waals surface area contributed by atoms with E-state index in [1.54, 1.807) is 80.9 Å². The van der Waals surface area contributed by atoms with Crippen molar-refractivity contribution in [3.63, 3.8) is 0 Å². The summed E-state index contributed by atoms with van der Waals surface area (Å²) in [6, 6.07) is 18.5. The van der Waals surface area contributed by atoms with Gasteiger partial charge >= 0.3 is 0 Å². The normalized spacial score (nSPS) is 10.5. The number of benzene rings is 3. The van der Waals surface area contributed by atoms with E-state index in [-0.39, 0.29) is 11.8 Å². The molecular weight excluding hydrogens is 418 g/mol. The predicted octanol–water partition coefficient (Wildman–Crippen LogP) is 4.37. The standard InChI is InChI=1S/C23H20ClN3O4/c1-30-20-12-7-15(13-21(20)31-2)14-25-27-22(28)16-8-10-17(11-9-16)26-23(29)18-5-3-4-6-19(18)24/h3-14H,1-2H3,(H,26,29)(H,27,28)/b25-14-. The second-order valence-corrected chi connectivity index (χ2v) is 6.73. The van der Waals surface area contributed by atoms with Crippen molar-refractivity contribution < 1.29 is 19.1 Å². The van der Waals surface area contributed by atoms with Crippen LogP contribution in [-0.2, 0) is 0 Å². The Bertz CT molecular complexity index is 1110. The zero-order chi connectivity index (χ0) is 22.2. The van der Waals surface area contributed by atoms with Gasteiger partial charge in [0, 0.05) is 11.3 Å². The fourth-order valence-electron chi connectivity index (χ4n) is 2.71. The molecular formula is C23H20ClN3O4. The first kappa shape index (κ1) is 21.9. The van der Waals surface area contributed by atoms with Gasteiger partial charge in [-0.05, 0) is 60.2 Å². The molecule has 0 spiro atoms. The van der Waals surface area contributed by atoms with Gasteiger partial charge in [0.05, 0.1) is 31.0 Å². The van der Waals surface area contributed by atoms with Gasteiger partial charge in [-0.25, -0.2) is 5.43 Å². The summed E-state index contributed by atoms with van der Waals surface area (Å²) in [5.41, 5.74) is 4.49. The number of hydrazone groups is 1. The molecule has 0 atom stereocenters. The van der Waals surface area contributed by atoms with Crippen LogP contribution >= 0.6 is 11.6 Å². The molecule has 31 heavy (non-hydrogen) atoms. The molecule has 0 aliphatic heterocycles. The fourth-order valence-corrected chi connectivity index (χ4v) is 2.93. The van der Waals surface area contributed by atoms with E-state index >= 15 is 0 Å². The Morgan fingerprint density at radius 3 is 2.29 bits per heavy atom. The van der Waals surface area contributed by atoms with Gasteiger partial charge < -0.3 is 14.8 Å². The summed E-state index contributed by atoms with van der Waals surface area (Å²) in [6.07, 6.45) is 1.50. The molecule has 0 aromatic heterocycles. The van der Waals surface area contributed by atoms with Crippen LogP contribution in [0.4, 0.5) is 5.69 Å². The lowest BCUT2D eigenvalue weighted by Crippen LogP contribution is -2.18. The van der Waals surface area contributed by atoms with Crippen molar-refractivity contribution in [2.75, 3.05) is 19.5 Å². The number of anilines is 1. The average Bonchev–Trinajstić information content (AvgIpc) is 2.79. The molecule has 0 saturated carbocycles. The van der Waals surface area contributed by atoms with Gasteiger partial charge in [-0.1, -0.05) is 23.7 Å². The van der Waals surface area contributed by atoms with Gasteiger partial charge in [-0.15, -0.1) is 0 Å². The SMILES string of the molecule is COc1ccc(/C=N\NC(=O)c2ccc(NC(=O)c3ccccc3Cl)cc2)cc1OC. The van der Waals surface area contributed by atoms with E-state index in [0.717, 1.165) is 5.56 Å². The van der Waals surface area contributed by atoms with Crippen LogP contribution in [-0.4, -0.2) is 32.2 Å². The summed E-state index contributed by atoms with van der Waals surface area (Å²) in [5.74, 6) is 0.445. The van der Waals surface area contributed by atoms with E-state index < -0.39 is 0 Å². The number of carbonyl (C=O) groups excluding carboxylic acids is 2. The van der Waals surface area contributed by atoms with Crippen molar-refractivity contribution in [3.8, 4) is 11.5 Å². The topological polar surface area (TPSA) is 89.0 Å². The quantitative estimate of drug-likeness (QED) is 0.424. The van der Waals surface area contributed by atoms with Crippen LogP contribution in [0.25, 0.3) is 0 Å². The maximum absolute atomic E-state index is 12.3. The van der Waals surface area contributed by atoms with Crippen LogP contribution in [0.15, 0.2) is 71.8 Å². The van der Waals surface area contributed by atoms with Crippen molar-refractivity contribution in [1.29, 1.82) is 0 Å². The highest BCUT2D eigenvalue weighted by Gasteiger charge is 2.10. The number of methoxy groups -OCH3 is 2. The Hall–Kier alpha value is -3.84. The maximum atomic E-state index is 12.3. The third kappa shape index (κ3) is 5.61. The number of nitrogens with one attached hydrogen (secondary N) is 2. The van der Waals surface area contributed by atoms with Gasteiger partial charge in [-0.2, -0.15) is 5.10 Å². The lowest BCUT2D eigenvalue weighted by Gasteiger charge is -2.08. The molecule has 3 aromatic rings. The molecule has 158 valence electrons. The molecule has 0 radical (unpaired) electrons. The molecule has 0 heterocycles. The second-order valence-electron chi connectivity index (χ2n) is 6.32. The largest absolute Gasteiger partial charge is 0.493 e. The van der Waals surface area contributed by atoms with E-state index in [9.17, 15) is 9.59 Å². The van der Waals surface area contributed by atoms with Gasteiger partial charge in [0.2, 0.25) is 0 Å². The molecule has 2 N–H and O–H groups in total. The Labute approximate surface area is 184 Å². The fraction of sp³-hybridized carbons (Fsp3) is 0.0870. The van der Waals surface area contributed by atoms with E-state index in [1.807, 2.05) is 0 Å². The minimum Gasteiger partial charge on any atom is -0.493 e. The van der Waals surface area contributed by atoms with Crippen molar-refractivity contribution in [2.45, 2.75) is 0 Å². The minimum atomic E-state index is -0.388. The third-order valence-electron chi connectivity index (χ3n) is 4.31. The van der Waals surface area contributed by atoms with Crippen LogP contribution < -0.4 is 20.2 Å². The summed E-state index contributed by atoms with van der Waals surface area (Å²) < 4.78 is 10.4. The summed E-state index contributed by atoms with van der Waals surface area (Å²) in [4.78, 5) is 24.6. The van der Waals surface area contributed by atoms with Gasteiger partial charge in [-0.3, -0.25) is 9.59 Å². The molecule has 8 heteroatoms. The summed E-state index contributed by atoms with van der Waals surface area (Å²) in [6.45, 7) is 0. The van der Waals surface area contributed by atoms with Crippen LogP contribution in [0, 0.1) is 0 Å². The summed E-state index contributed by atoms with van der Waals surface area (Å²) in [5, 5.41) is 7.07. The van der Waals surface area contributed by atoms with Crippen LogP contribution in [0.2, 0.25) is 5.02 Å². The Morgan fingerprint density at radius 2 is 1.61 bits per heavy atom. The molecule has 0 saturated heterocycles. The number of amides is 2. The molecule has 0 fully saturated rings. The molecule has 0 aliphatic carbocycles. The summed E-state index contributed by atoms with van der Waals surface area (Å²) in [7, 11) is 3.10. The molecule has 3 rings (SSSR count). The number of ether oxygens (including phenoxy) is 2. The smallest absolute Gasteiger partial charge is 0.271 e. The van der Waals surface area contributed by atoms with Crippen LogP contribution in [0.3, 0.4) is 0 Å². The highest BCUT2D eigenvalue weighted by molar-refractivity contribution is 6.34. The van der Waals surface area contributed by atoms with Crippen molar-refractivity contribution in [3.05, 3.63) is 88.4 Å². The van der Waals surface area contributed by atoms with Gasteiger partial charge in [0.25, 0.3) is 11.8 Å². The number of halogens is 1. The highest BCUT2D eigenvalue weighted by atomic mass is 35.5. The average molecular weight is 438 g/mol. The minimum absolute atomic E-state index is 0.331.